The topological polar surface area (TPSA) is 64.5 Å². The predicted molar refractivity (Wildman–Crippen MR) is 111 cm³/mol. The molecule has 3 rings (SSSR count). The van der Waals surface area contributed by atoms with Crippen LogP contribution < -0.4 is 10.6 Å². The summed E-state index contributed by atoms with van der Waals surface area (Å²) in [7, 11) is 0. The maximum atomic E-state index is 9.51. The van der Waals surface area contributed by atoms with Gasteiger partial charge in [-0.05, 0) is 59.7 Å². The minimum atomic E-state index is -0.133. The smallest absolute Gasteiger partial charge is 0.175 e. The van der Waals surface area contributed by atoms with Crippen LogP contribution in [-0.2, 0) is 0 Å². The zero-order chi connectivity index (χ0) is 18.4. The second kappa shape index (κ2) is 8.18. The molecule has 0 radical (unpaired) electrons. The van der Waals surface area contributed by atoms with E-state index in [0.717, 1.165) is 22.5 Å². The number of phenolic OH excluding ortho intramolecular Hbond substituents is 2. The number of aromatic hydroxyl groups is 2. The molecule has 26 heavy (non-hydrogen) atoms. The highest BCUT2D eigenvalue weighted by molar-refractivity contribution is 7.80. The molecule has 0 fully saturated rings. The molecule has 0 bridgehead atoms. The zero-order valence-corrected chi connectivity index (χ0v) is 14.7. The Kier molecular flexibility index (Phi) is 5.51. The molecule has 0 unspecified atom stereocenters. The Morgan fingerprint density at radius 3 is 1.92 bits per heavy atom. The SMILES string of the molecule is Oc1ccc(/C=C/c2ccc(NC(=S)Nc3ccccc3)cc2)cc1O. The summed E-state index contributed by atoms with van der Waals surface area (Å²) in [5.74, 6) is -0.260. The Morgan fingerprint density at radius 2 is 1.27 bits per heavy atom. The summed E-state index contributed by atoms with van der Waals surface area (Å²) in [6.07, 6.45) is 3.79. The van der Waals surface area contributed by atoms with Crippen molar-refractivity contribution in [3.63, 3.8) is 0 Å². The average molecular weight is 362 g/mol. The fourth-order valence-electron chi connectivity index (χ4n) is 2.33. The lowest BCUT2D eigenvalue weighted by Gasteiger charge is -2.10. The molecule has 0 aliphatic heterocycles. The summed E-state index contributed by atoms with van der Waals surface area (Å²) in [5.41, 5.74) is 3.63. The van der Waals surface area contributed by atoms with Gasteiger partial charge in [0.15, 0.2) is 16.6 Å². The lowest BCUT2D eigenvalue weighted by atomic mass is 10.1. The third-order valence-electron chi connectivity index (χ3n) is 3.67. The van der Waals surface area contributed by atoms with E-state index in [0.29, 0.717) is 5.11 Å². The maximum absolute atomic E-state index is 9.51. The summed E-state index contributed by atoms with van der Waals surface area (Å²) in [6, 6.07) is 22.2. The summed E-state index contributed by atoms with van der Waals surface area (Å²) in [6.45, 7) is 0. The molecule has 0 saturated heterocycles. The highest BCUT2D eigenvalue weighted by Gasteiger charge is 2.00. The van der Waals surface area contributed by atoms with Crippen LogP contribution in [0, 0.1) is 0 Å². The molecule has 130 valence electrons. The molecule has 0 aromatic heterocycles. The van der Waals surface area contributed by atoms with Crippen LogP contribution in [0.2, 0.25) is 0 Å². The third kappa shape index (κ3) is 4.84. The fraction of sp³-hybridized carbons (Fsp3) is 0. The Balaban J connectivity index is 1.60. The van der Waals surface area contributed by atoms with Crippen molar-refractivity contribution in [2.45, 2.75) is 0 Å². The fourth-order valence-corrected chi connectivity index (χ4v) is 2.56. The quantitative estimate of drug-likeness (QED) is 0.296. The third-order valence-corrected chi connectivity index (χ3v) is 3.87. The highest BCUT2D eigenvalue weighted by atomic mass is 32.1. The van der Waals surface area contributed by atoms with Gasteiger partial charge in [0.2, 0.25) is 0 Å². The second-order valence-corrected chi connectivity index (χ2v) is 6.06. The summed E-state index contributed by atoms with van der Waals surface area (Å²) in [4.78, 5) is 0. The van der Waals surface area contributed by atoms with E-state index < -0.39 is 0 Å². The minimum absolute atomic E-state index is 0.127. The Hall–Kier alpha value is -3.31. The molecule has 0 saturated carbocycles. The zero-order valence-electron chi connectivity index (χ0n) is 13.9. The summed E-state index contributed by atoms with van der Waals surface area (Å²) in [5, 5.41) is 25.6. The number of hydrogen-bond acceptors (Lipinski definition) is 3. The van der Waals surface area contributed by atoms with Gasteiger partial charge in [0, 0.05) is 11.4 Å². The first-order valence-corrected chi connectivity index (χ1v) is 8.44. The predicted octanol–water partition coefficient (Wildman–Crippen LogP) is 5.08. The van der Waals surface area contributed by atoms with Crippen LogP contribution in [0.1, 0.15) is 11.1 Å². The van der Waals surface area contributed by atoms with Gasteiger partial charge >= 0.3 is 0 Å². The molecule has 0 heterocycles. The number of para-hydroxylation sites is 1. The van der Waals surface area contributed by atoms with Gasteiger partial charge in [0.25, 0.3) is 0 Å². The molecule has 0 aliphatic rings. The Labute approximate surface area is 157 Å². The van der Waals surface area contributed by atoms with Crippen molar-refractivity contribution in [3.8, 4) is 11.5 Å². The molecular formula is C21H18N2O2S. The van der Waals surface area contributed by atoms with E-state index in [1.54, 1.807) is 6.07 Å². The van der Waals surface area contributed by atoms with Gasteiger partial charge in [-0.15, -0.1) is 0 Å². The number of phenols is 2. The van der Waals surface area contributed by atoms with E-state index in [1.165, 1.54) is 12.1 Å². The molecule has 5 heteroatoms. The van der Waals surface area contributed by atoms with Crippen molar-refractivity contribution < 1.29 is 10.2 Å². The number of anilines is 2. The highest BCUT2D eigenvalue weighted by Crippen LogP contribution is 2.25. The van der Waals surface area contributed by atoms with Gasteiger partial charge in [0.05, 0.1) is 0 Å². The Morgan fingerprint density at radius 1 is 0.692 bits per heavy atom. The van der Waals surface area contributed by atoms with Crippen molar-refractivity contribution in [1.82, 2.24) is 0 Å². The lowest BCUT2D eigenvalue weighted by Crippen LogP contribution is -2.18. The first-order chi connectivity index (χ1) is 12.6. The largest absolute Gasteiger partial charge is 0.504 e. The van der Waals surface area contributed by atoms with Gasteiger partial charge in [-0.2, -0.15) is 0 Å². The monoisotopic (exact) mass is 362 g/mol. The number of rotatable bonds is 4. The molecule has 3 aromatic rings. The van der Waals surface area contributed by atoms with Crippen LogP contribution in [0.15, 0.2) is 72.8 Å². The van der Waals surface area contributed by atoms with Gasteiger partial charge < -0.3 is 20.8 Å². The van der Waals surface area contributed by atoms with Gasteiger partial charge in [-0.3, -0.25) is 0 Å². The van der Waals surface area contributed by atoms with Crippen molar-refractivity contribution in [2.75, 3.05) is 10.6 Å². The number of nitrogens with one attached hydrogen (secondary N) is 2. The normalized spacial score (nSPS) is 10.6. The molecule has 0 aliphatic carbocycles. The van der Waals surface area contributed by atoms with Gasteiger partial charge in [0.1, 0.15) is 0 Å². The molecule has 0 atom stereocenters. The number of hydrogen-bond donors (Lipinski definition) is 4. The van der Waals surface area contributed by atoms with Crippen LogP contribution in [0.3, 0.4) is 0 Å². The molecule has 0 amide bonds. The standard InChI is InChI=1S/C21H18N2O2S/c24-19-13-10-16(14-20(19)25)7-6-15-8-11-18(12-9-15)23-21(26)22-17-4-2-1-3-5-17/h1-14,24-25H,(H2,22,23,26)/b7-6+. The maximum Gasteiger partial charge on any atom is 0.175 e. The van der Waals surface area contributed by atoms with E-state index in [1.807, 2.05) is 66.7 Å². The van der Waals surface area contributed by atoms with Crippen molar-refractivity contribution in [1.29, 1.82) is 0 Å². The van der Waals surface area contributed by atoms with Crippen LogP contribution in [0.25, 0.3) is 12.2 Å². The minimum Gasteiger partial charge on any atom is -0.504 e. The van der Waals surface area contributed by atoms with Crippen LogP contribution in [0.5, 0.6) is 11.5 Å². The average Bonchev–Trinajstić information content (AvgIpc) is 2.64. The lowest BCUT2D eigenvalue weighted by molar-refractivity contribution is 0.403. The van der Waals surface area contributed by atoms with E-state index in [-0.39, 0.29) is 11.5 Å². The number of thiocarbonyl (C=S) groups is 1. The molecular weight excluding hydrogens is 344 g/mol. The van der Waals surface area contributed by atoms with Crippen LogP contribution in [0.4, 0.5) is 11.4 Å². The van der Waals surface area contributed by atoms with Crippen LogP contribution in [-0.4, -0.2) is 15.3 Å². The Bertz CT molecular complexity index is 923. The van der Waals surface area contributed by atoms with Gasteiger partial charge in [-0.1, -0.05) is 48.6 Å². The van der Waals surface area contributed by atoms with Crippen molar-refractivity contribution >= 4 is 40.9 Å². The van der Waals surface area contributed by atoms with E-state index >= 15 is 0 Å². The first-order valence-electron chi connectivity index (χ1n) is 8.03. The van der Waals surface area contributed by atoms with Gasteiger partial charge in [-0.25, -0.2) is 0 Å². The second-order valence-electron chi connectivity index (χ2n) is 5.65. The van der Waals surface area contributed by atoms with Crippen molar-refractivity contribution in [3.05, 3.63) is 83.9 Å². The van der Waals surface area contributed by atoms with Crippen molar-refractivity contribution in [2.24, 2.45) is 0 Å². The molecule has 3 aromatic carbocycles. The first kappa shape index (κ1) is 17.5. The number of benzene rings is 3. The van der Waals surface area contributed by atoms with E-state index in [9.17, 15) is 10.2 Å². The van der Waals surface area contributed by atoms with E-state index in [2.05, 4.69) is 10.6 Å². The van der Waals surface area contributed by atoms with E-state index in [4.69, 9.17) is 12.2 Å². The molecule has 0 spiro atoms. The molecule has 4 N–H and O–H groups in total. The summed E-state index contributed by atoms with van der Waals surface area (Å²) >= 11 is 5.31. The summed E-state index contributed by atoms with van der Waals surface area (Å²) < 4.78 is 0. The molecule has 4 nitrogen and oxygen atoms in total. The van der Waals surface area contributed by atoms with Crippen LogP contribution >= 0.6 is 12.2 Å².